The first kappa shape index (κ1) is 15.0. The minimum atomic E-state index is -0.561. The summed E-state index contributed by atoms with van der Waals surface area (Å²) in [5, 5.41) is 17.6. The number of nitrogens with zero attached hydrogens (tertiary/aromatic N) is 3. The van der Waals surface area contributed by atoms with E-state index < -0.39 is 11.0 Å². The number of benzene rings is 1. The smallest absolute Gasteiger partial charge is 0.271 e. The van der Waals surface area contributed by atoms with Crippen LogP contribution in [0.15, 0.2) is 30.6 Å². The summed E-state index contributed by atoms with van der Waals surface area (Å²) in [6.07, 6.45) is 3.38. The zero-order valence-corrected chi connectivity index (χ0v) is 12.2. The van der Waals surface area contributed by atoms with Gasteiger partial charge in [0.2, 0.25) is 5.91 Å². The Balaban J connectivity index is 2.19. The molecule has 1 aromatic carbocycles. The highest BCUT2D eigenvalue weighted by Crippen LogP contribution is 2.27. The molecule has 0 bridgehead atoms. The van der Waals surface area contributed by atoms with E-state index in [0.717, 1.165) is 5.56 Å². The van der Waals surface area contributed by atoms with Gasteiger partial charge in [0.15, 0.2) is 0 Å². The van der Waals surface area contributed by atoms with Gasteiger partial charge in [-0.25, -0.2) is 0 Å². The number of nitro benzene ring substituents is 1. The molecule has 21 heavy (non-hydrogen) atoms. The maximum absolute atomic E-state index is 12.2. The average molecular weight is 309 g/mol. The zero-order valence-electron chi connectivity index (χ0n) is 11.4. The Morgan fingerprint density at radius 2 is 2.24 bits per heavy atom. The number of anilines is 1. The Hall–Kier alpha value is -2.41. The lowest BCUT2D eigenvalue weighted by Crippen LogP contribution is -2.24. The van der Waals surface area contributed by atoms with E-state index in [1.807, 2.05) is 6.92 Å². The fourth-order valence-corrected chi connectivity index (χ4v) is 1.89. The quantitative estimate of drug-likeness (QED) is 0.694. The Kier molecular flexibility index (Phi) is 4.23. The summed E-state index contributed by atoms with van der Waals surface area (Å²) >= 11 is 5.94. The Labute approximate surface area is 125 Å². The van der Waals surface area contributed by atoms with Gasteiger partial charge in [-0.2, -0.15) is 5.10 Å². The van der Waals surface area contributed by atoms with Crippen molar-refractivity contribution in [1.82, 2.24) is 9.78 Å². The first-order chi connectivity index (χ1) is 9.88. The van der Waals surface area contributed by atoms with E-state index in [9.17, 15) is 14.9 Å². The predicted molar refractivity (Wildman–Crippen MR) is 78.4 cm³/mol. The van der Waals surface area contributed by atoms with E-state index in [-0.39, 0.29) is 22.3 Å². The van der Waals surface area contributed by atoms with Crippen molar-refractivity contribution >= 4 is 28.9 Å². The third-order valence-corrected chi connectivity index (χ3v) is 3.26. The van der Waals surface area contributed by atoms with Crippen molar-refractivity contribution in [2.75, 3.05) is 5.32 Å². The monoisotopic (exact) mass is 308 g/mol. The van der Waals surface area contributed by atoms with Gasteiger partial charge in [0.05, 0.1) is 21.8 Å². The molecule has 0 saturated carbocycles. The van der Waals surface area contributed by atoms with Gasteiger partial charge in [-0.3, -0.25) is 19.6 Å². The lowest BCUT2D eigenvalue weighted by Gasteiger charge is -2.13. The van der Waals surface area contributed by atoms with Crippen molar-refractivity contribution in [3.05, 3.63) is 51.3 Å². The molecule has 1 atom stereocenters. The van der Waals surface area contributed by atoms with Gasteiger partial charge < -0.3 is 5.32 Å². The van der Waals surface area contributed by atoms with Crippen LogP contribution in [0, 0.1) is 17.0 Å². The van der Waals surface area contributed by atoms with Crippen molar-refractivity contribution in [3.63, 3.8) is 0 Å². The van der Waals surface area contributed by atoms with E-state index >= 15 is 0 Å². The molecule has 1 unspecified atom stereocenters. The van der Waals surface area contributed by atoms with Gasteiger partial charge in [-0.15, -0.1) is 0 Å². The number of aromatic nitrogens is 2. The van der Waals surface area contributed by atoms with Gasteiger partial charge in [0.1, 0.15) is 6.04 Å². The molecule has 1 amide bonds. The van der Waals surface area contributed by atoms with Gasteiger partial charge in [-0.05, 0) is 25.5 Å². The van der Waals surface area contributed by atoms with Gasteiger partial charge in [0, 0.05) is 18.3 Å². The summed E-state index contributed by atoms with van der Waals surface area (Å²) in [5.41, 5.74) is 0.993. The molecule has 8 heteroatoms. The number of nitro groups is 1. The number of rotatable bonds is 4. The van der Waals surface area contributed by atoms with Crippen LogP contribution >= 0.6 is 11.6 Å². The van der Waals surface area contributed by atoms with Gasteiger partial charge in [-0.1, -0.05) is 11.6 Å². The molecule has 7 nitrogen and oxygen atoms in total. The fraction of sp³-hybridized carbons (Fsp3) is 0.231. The molecule has 110 valence electrons. The van der Waals surface area contributed by atoms with E-state index in [4.69, 9.17) is 11.6 Å². The molecule has 0 fully saturated rings. The van der Waals surface area contributed by atoms with Crippen molar-refractivity contribution in [1.29, 1.82) is 0 Å². The second-order valence-corrected chi connectivity index (χ2v) is 4.99. The van der Waals surface area contributed by atoms with Crippen LogP contribution in [0.25, 0.3) is 0 Å². The van der Waals surface area contributed by atoms with Crippen LogP contribution in [-0.4, -0.2) is 20.6 Å². The number of carbonyl (C=O) groups excluding carboxylic acids is 1. The second kappa shape index (κ2) is 5.92. The molecular formula is C13H13ClN4O3. The van der Waals surface area contributed by atoms with Crippen LogP contribution in [0.5, 0.6) is 0 Å². The third-order valence-electron chi connectivity index (χ3n) is 2.93. The van der Waals surface area contributed by atoms with Crippen LogP contribution in [0.4, 0.5) is 11.4 Å². The summed E-state index contributed by atoms with van der Waals surface area (Å²) in [4.78, 5) is 22.3. The third kappa shape index (κ3) is 3.38. The molecule has 2 rings (SSSR count). The number of amides is 1. The number of hydrogen-bond acceptors (Lipinski definition) is 4. The molecule has 0 saturated heterocycles. The zero-order chi connectivity index (χ0) is 15.6. The number of hydrogen-bond donors (Lipinski definition) is 1. The molecule has 0 aliphatic heterocycles. The lowest BCUT2D eigenvalue weighted by molar-refractivity contribution is -0.384. The molecule has 1 aromatic heterocycles. The van der Waals surface area contributed by atoms with E-state index in [1.165, 1.54) is 22.9 Å². The number of non-ortho nitro benzene ring substituents is 1. The van der Waals surface area contributed by atoms with Gasteiger partial charge >= 0.3 is 0 Å². The highest BCUT2D eigenvalue weighted by molar-refractivity contribution is 6.33. The minimum absolute atomic E-state index is 0.141. The van der Waals surface area contributed by atoms with Crippen LogP contribution in [0.3, 0.4) is 0 Å². The summed E-state index contributed by atoms with van der Waals surface area (Å²) < 4.78 is 1.51. The molecule has 0 radical (unpaired) electrons. The maximum atomic E-state index is 12.2. The molecular weight excluding hydrogens is 296 g/mol. The number of nitrogens with one attached hydrogen (secondary N) is 1. The Morgan fingerprint density at radius 1 is 1.52 bits per heavy atom. The molecule has 0 aliphatic carbocycles. The second-order valence-electron chi connectivity index (χ2n) is 4.58. The number of aryl methyl sites for hydroxylation is 1. The highest BCUT2D eigenvalue weighted by Gasteiger charge is 2.18. The first-order valence-electron chi connectivity index (χ1n) is 6.14. The summed E-state index contributed by atoms with van der Waals surface area (Å²) in [6, 6.07) is 3.31. The van der Waals surface area contributed by atoms with Crippen molar-refractivity contribution < 1.29 is 9.72 Å². The predicted octanol–water partition coefficient (Wildman–Crippen LogP) is 2.95. The standard InChI is InChI=1S/C13H13ClN4O3/c1-8-6-15-17(7-8)9(2)13(19)16-12-5-10(18(20)21)3-4-11(12)14/h3-7,9H,1-2H3,(H,16,19). The molecule has 0 aliphatic rings. The molecule has 1 heterocycles. The first-order valence-corrected chi connectivity index (χ1v) is 6.52. The fourth-order valence-electron chi connectivity index (χ4n) is 1.72. The Bertz CT molecular complexity index is 698. The van der Waals surface area contributed by atoms with Crippen molar-refractivity contribution in [2.45, 2.75) is 19.9 Å². The summed E-state index contributed by atoms with van der Waals surface area (Å²) in [6.45, 7) is 3.54. The molecule has 0 spiro atoms. The van der Waals surface area contributed by atoms with Crippen LogP contribution < -0.4 is 5.32 Å². The van der Waals surface area contributed by atoms with Crippen LogP contribution in [0.2, 0.25) is 5.02 Å². The Morgan fingerprint density at radius 3 is 2.81 bits per heavy atom. The minimum Gasteiger partial charge on any atom is -0.323 e. The average Bonchev–Trinajstić information content (AvgIpc) is 2.86. The maximum Gasteiger partial charge on any atom is 0.271 e. The largest absolute Gasteiger partial charge is 0.323 e. The topological polar surface area (TPSA) is 90.1 Å². The summed E-state index contributed by atoms with van der Waals surface area (Å²) in [7, 11) is 0. The van der Waals surface area contributed by atoms with Crippen LogP contribution in [0.1, 0.15) is 18.5 Å². The van der Waals surface area contributed by atoms with E-state index in [1.54, 1.807) is 19.3 Å². The lowest BCUT2D eigenvalue weighted by atomic mass is 10.2. The molecule has 1 N–H and O–H groups in total. The SMILES string of the molecule is Cc1cnn(C(C)C(=O)Nc2cc([N+](=O)[O-])ccc2Cl)c1. The summed E-state index contributed by atoms with van der Waals surface area (Å²) in [5.74, 6) is -0.361. The van der Waals surface area contributed by atoms with Crippen molar-refractivity contribution in [2.24, 2.45) is 0 Å². The number of carbonyl (C=O) groups is 1. The van der Waals surface area contributed by atoms with E-state index in [2.05, 4.69) is 10.4 Å². The highest BCUT2D eigenvalue weighted by atomic mass is 35.5. The van der Waals surface area contributed by atoms with Gasteiger partial charge in [0.25, 0.3) is 5.69 Å². The molecule has 2 aromatic rings. The van der Waals surface area contributed by atoms with E-state index in [0.29, 0.717) is 0 Å². The van der Waals surface area contributed by atoms with Crippen LogP contribution in [-0.2, 0) is 4.79 Å². The van der Waals surface area contributed by atoms with Crippen molar-refractivity contribution in [3.8, 4) is 0 Å². The number of halogens is 1. The normalized spacial score (nSPS) is 12.0.